The molecule has 1 aromatic heterocycles. The summed E-state index contributed by atoms with van der Waals surface area (Å²) in [4.78, 5) is 15.0. The van der Waals surface area contributed by atoms with E-state index in [1.165, 1.54) is 0 Å². The lowest BCUT2D eigenvalue weighted by Crippen LogP contribution is -2.43. The van der Waals surface area contributed by atoms with Gasteiger partial charge in [-0.2, -0.15) is 0 Å². The van der Waals surface area contributed by atoms with E-state index >= 15 is 0 Å². The van der Waals surface area contributed by atoms with Gasteiger partial charge in [0, 0.05) is 30.1 Å². The lowest BCUT2D eigenvalue weighted by Gasteiger charge is -2.31. The third kappa shape index (κ3) is 2.78. The van der Waals surface area contributed by atoms with Crippen molar-refractivity contribution in [2.45, 2.75) is 38.6 Å². The molecule has 0 N–H and O–H groups in total. The number of carbonyl (C=O) groups excluding carboxylic acids is 1. The molecule has 0 unspecified atom stereocenters. The summed E-state index contributed by atoms with van der Waals surface area (Å²) in [5.74, 6) is 1.14. The van der Waals surface area contributed by atoms with Crippen molar-refractivity contribution in [3.05, 3.63) is 58.5 Å². The first-order valence-electron chi connectivity index (χ1n) is 7.59. The fraction of sp³-hybridized carbons (Fsp3) is 0.389. The highest BCUT2D eigenvalue weighted by Crippen LogP contribution is 2.30. The van der Waals surface area contributed by atoms with E-state index in [2.05, 4.69) is 0 Å². The summed E-state index contributed by atoms with van der Waals surface area (Å²) in [6, 6.07) is 9.53. The fourth-order valence-corrected chi connectivity index (χ4v) is 3.20. The number of amides is 1. The smallest absolute Gasteiger partial charge is 0.232 e. The predicted octanol–water partition coefficient (Wildman–Crippen LogP) is 4.19. The Morgan fingerprint density at radius 2 is 2.14 bits per heavy atom. The number of fused-ring (bicyclic) bond motifs is 1. The van der Waals surface area contributed by atoms with Crippen molar-refractivity contribution in [2.24, 2.45) is 0 Å². The van der Waals surface area contributed by atoms with Crippen LogP contribution in [-0.2, 0) is 23.2 Å². The Balaban J connectivity index is 1.86. The van der Waals surface area contributed by atoms with E-state index in [0.29, 0.717) is 11.6 Å². The average Bonchev–Trinajstić information content (AvgIpc) is 2.83. The van der Waals surface area contributed by atoms with E-state index < -0.39 is 5.41 Å². The van der Waals surface area contributed by atoms with Crippen LogP contribution in [0.25, 0.3) is 0 Å². The molecule has 1 aromatic carbocycles. The van der Waals surface area contributed by atoms with Crippen LogP contribution in [0.5, 0.6) is 0 Å². The fourth-order valence-electron chi connectivity index (χ4n) is 3.01. The Morgan fingerprint density at radius 1 is 1.32 bits per heavy atom. The van der Waals surface area contributed by atoms with Crippen molar-refractivity contribution in [1.82, 2.24) is 4.90 Å². The van der Waals surface area contributed by atoms with Crippen molar-refractivity contribution >= 4 is 17.5 Å². The second-order valence-electron chi connectivity index (χ2n) is 6.33. The lowest BCUT2D eigenvalue weighted by molar-refractivity contribution is -0.136. The molecule has 2 heterocycles. The summed E-state index contributed by atoms with van der Waals surface area (Å²) in [7, 11) is 0. The summed E-state index contributed by atoms with van der Waals surface area (Å²) in [6.45, 7) is 5.30. The molecule has 0 aliphatic carbocycles. The quantitative estimate of drug-likeness (QED) is 0.832. The zero-order valence-electron chi connectivity index (χ0n) is 12.9. The SMILES string of the molecule is CC(C)(C(=O)N1CCCc2occc2C1)c1cccc(Cl)c1. The number of rotatable bonds is 2. The molecule has 1 amide bonds. The topological polar surface area (TPSA) is 33.5 Å². The highest BCUT2D eigenvalue weighted by Gasteiger charge is 2.35. The number of hydrogen-bond donors (Lipinski definition) is 0. The molecule has 0 spiro atoms. The number of nitrogens with zero attached hydrogens (tertiary/aromatic N) is 1. The van der Waals surface area contributed by atoms with Gasteiger partial charge >= 0.3 is 0 Å². The molecule has 1 aliphatic heterocycles. The van der Waals surface area contributed by atoms with Gasteiger partial charge in [0.25, 0.3) is 0 Å². The molecule has 4 heteroatoms. The number of furan rings is 1. The molecule has 3 rings (SSSR count). The van der Waals surface area contributed by atoms with E-state index in [-0.39, 0.29) is 5.91 Å². The average molecular weight is 318 g/mol. The van der Waals surface area contributed by atoms with Crippen LogP contribution in [0.15, 0.2) is 41.0 Å². The molecule has 116 valence electrons. The van der Waals surface area contributed by atoms with E-state index in [4.69, 9.17) is 16.0 Å². The molecular formula is C18H20ClNO2. The largest absolute Gasteiger partial charge is 0.469 e. The second kappa shape index (κ2) is 5.81. The maximum atomic E-state index is 13.1. The monoisotopic (exact) mass is 317 g/mol. The Kier molecular flexibility index (Phi) is 4.00. The van der Waals surface area contributed by atoms with E-state index in [1.807, 2.05) is 49.1 Å². The van der Waals surface area contributed by atoms with E-state index in [9.17, 15) is 4.79 Å². The van der Waals surface area contributed by atoms with E-state index in [1.54, 1.807) is 6.26 Å². The van der Waals surface area contributed by atoms with Crippen LogP contribution in [-0.4, -0.2) is 17.4 Å². The minimum Gasteiger partial charge on any atom is -0.469 e. The van der Waals surface area contributed by atoms with Crippen molar-refractivity contribution in [3.8, 4) is 0 Å². The summed E-state index contributed by atoms with van der Waals surface area (Å²) < 4.78 is 5.49. The van der Waals surface area contributed by atoms with Gasteiger partial charge in [-0.15, -0.1) is 0 Å². The third-order valence-corrected chi connectivity index (χ3v) is 4.63. The molecular weight excluding hydrogens is 298 g/mol. The summed E-state index contributed by atoms with van der Waals surface area (Å²) >= 11 is 6.08. The molecule has 0 radical (unpaired) electrons. The summed E-state index contributed by atoms with van der Waals surface area (Å²) in [6.07, 6.45) is 3.53. The molecule has 3 nitrogen and oxygen atoms in total. The minimum absolute atomic E-state index is 0.129. The van der Waals surface area contributed by atoms with Crippen LogP contribution >= 0.6 is 11.6 Å². The lowest BCUT2D eigenvalue weighted by atomic mass is 9.83. The van der Waals surface area contributed by atoms with Gasteiger partial charge in [0.2, 0.25) is 5.91 Å². The first kappa shape index (κ1) is 15.2. The molecule has 2 aromatic rings. The van der Waals surface area contributed by atoms with E-state index in [0.717, 1.165) is 36.3 Å². The normalized spacial score (nSPS) is 15.3. The number of carbonyl (C=O) groups is 1. The first-order valence-corrected chi connectivity index (χ1v) is 7.97. The van der Waals surface area contributed by atoms with Gasteiger partial charge in [-0.05, 0) is 44.0 Å². The van der Waals surface area contributed by atoms with Crippen LogP contribution in [0.4, 0.5) is 0 Å². The van der Waals surface area contributed by atoms with Gasteiger partial charge in [-0.1, -0.05) is 23.7 Å². The maximum Gasteiger partial charge on any atom is 0.232 e. The molecule has 0 saturated heterocycles. The molecule has 0 saturated carbocycles. The number of halogens is 1. The molecule has 0 atom stereocenters. The van der Waals surface area contributed by atoms with Crippen molar-refractivity contribution in [2.75, 3.05) is 6.54 Å². The van der Waals surface area contributed by atoms with Crippen LogP contribution in [0, 0.1) is 0 Å². The zero-order chi connectivity index (χ0) is 15.7. The number of benzene rings is 1. The highest BCUT2D eigenvalue weighted by molar-refractivity contribution is 6.30. The van der Waals surface area contributed by atoms with Gasteiger partial charge in [0.05, 0.1) is 11.7 Å². The van der Waals surface area contributed by atoms with Crippen LogP contribution in [0.1, 0.15) is 37.2 Å². The third-order valence-electron chi connectivity index (χ3n) is 4.40. The van der Waals surface area contributed by atoms with Gasteiger partial charge in [0.1, 0.15) is 5.76 Å². The number of aryl methyl sites for hydroxylation is 1. The van der Waals surface area contributed by atoms with Crippen molar-refractivity contribution in [3.63, 3.8) is 0 Å². The highest BCUT2D eigenvalue weighted by atomic mass is 35.5. The summed E-state index contributed by atoms with van der Waals surface area (Å²) in [5, 5.41) is 0.659. The molecule has 0 fully saturated rings. The predicted molar refractivity (Wildman–Crippen MR) is 86.9 cm³/mol. The Hall–Kier alpha value is -1.74. The maximum absolute atomic E-state index is 13.1. The van der Waals surface area contributed by atoms with Gasteiger partial charge in [-0.3, -0.25) is 4.79 Å². The standard InChI is InChI=1S/C18H20ClNO2/c1-18(2,14-5-3-6-15(19)11-14)17(21)20-9-4-7-16-13(12-20)8-10-22-16/h3,5-6,8,10-11H,4,7,9,12H2,1-2H3. The molecule has 22 heavy (non-hydrogen) atoms. The van der Waals surface area contributed by atoms with Crippen LogP contribution in [0.2, 0.25) is 5.02 Å². The summed E-state index contributed by atoms with van der Waals surface area (Å²) in [5.41, 5.74) is 1.47. The molecule has 0 bridgehead atoms. The Bertz CT molecular complexity index is 690. The Labute approximate surface area is 135 Å². The van der Waals surface area contributed by atoms with Gasteiger partial charge in [-0.25, -0.2) is 0 Å². The van der Waals surface area contributed by atoms with Gasteiger partial charge in [0.15, 0.2) is 0 Å². The van der Waals surface area contributed by atoms with Crippen molar-refractivity contribution < 1.29 is 9.21 Å². The second-order valence-corrected chi connectivity index (χ2v) is 6.77. The van der Waals surface area contributed by atoms with Crippen LogP contribution in [0.3, 0.4) is 0 Å². The van der Waals surface area contributed by atoms with Crippen LogP contribution < -0.4 is 0 Å². The van der Waals surface area contributed by atoms with Gasteiger partial charge < -0.3 is 9.32 Å². The minimum atomic E-state index is -0.598. The molecule has 1 aliphatic rings. The van der Waals surface area contributed by atoms with Crippen molar-refractivity contribution in [1.29, 1.82) is 0 Å². The number of hydrogen-bond acceptors (Lipinski definition) is 2. The zero-order valence-corrected chi connectivity index (χ0v) is 13.7. The Morgan fingerprint density at radius 3 is 2.91 bits per heavy atom. The first-order chi connectivity index (χ1) is 10.5.